The number of rotatable bonds is 6. The monoisotopic (exact) mass is 418 g/mol. The number of hydrogen-bond acceptors (Lipinski definition) is 7. The van der Waals surface area contributed by atoms with Crippen molar-refractivity contribution in [2.24, 2.45) is 5.73 Å². The van der Waals surface area contributed by atoms with Gasteiger partial charge in [0.05, 0.1) is 23.9 Å². The van der Waals surface area contributed by atoms with Crippen molar-refractivity contribution >= 4 is 28.8 Å². The number of methoxy groups -OCH3 is 1. The third kappa shape index (κ3) is 4.24. The molecule has 0 bridgehead atoms. The number of aromatic nitrogens is 3. The van der Waals surface area contributed by atoms with Gasteiger partial charge in [-0.15, -0.1) is 0 Å². The number of anilines is 1. The molecule has 30 heavy (non-hydrogen) atoms. The molecular weight excluding hydrogens is 401 g/mol. The molecule has 3 rings (SSSR count). The van der Waals surface area contributed by atoms with Crippen molar-refractivity contribution in [3.05, 3.63) is 53.2 Å². The summed E-state index contributed by atoms with van der Waals surface area (Å²) in [4.78, 5) is 21.2. The van der Waals surface area contributed by atoms with Crippen molar-refractivity contribution in [3.63, 3.8) is 0 Å². The second kappa shape index (κ2) is 8.23. The maximum Gasteiger partial charge on any atom is 0.405 e. The van der Waals surface area contributed by atoms with Crippen LogP contribution < -0.4 is 21.3 Å². The molecule has 156 valence electrons. The quantitative estimate of drug-likeness (QED) is 0.530. The number of fused-ring (bicyclic) bond motifs is 1. The highest BCUT2D eigenvalue weighted by atomic mass is 19.4. The first kappa shape index (κ1) is 20.8. The molecule has 11 heteroatoms. The Labute approximate surface area is 168 Å². The van der Waals surface area contributed by atoms with Gasteiger partial charge in [0, 0.05) is 30.2 Å². The van der Waals surface area contributed by atoms with Gasteiger partial charge in [0.25, 0.3) is 5.56 Å². The summed E-state index contributed by atoms with van der Waals surface area (Å²) in [5.74, 6) is 0.289. The van der Waals surface area contributed by atoms with Gasteiger partial charge in [0.2, 0.25) is 5.95 Å². The van der Waals surface area contributed by atoms with Crippen LogP contribution >= 0.6 is 0 Å². The molecule has 0 unspecified atom stereocenters. The standard InChI is InChI=1S/C19H17F3N6O2/c1-30-14-4-2-11(3-5-14)15-16-12(9-28(17(15)29)13(6-23)7-24)8-25-18(27-16)26-10-19(20,21)22/h2-9,23H,10,24H2,1H3,(H,26,27)/b13-7+,23-6?. The molecule has 0 saturated carbocycles. The summed E-state index contributed by atoms with van der Waals surface area (Å²) in [5, 5.41) is 9.96. The predicted molar refractivity (Wildman–Crippen MR) is 108 cm³/mol. The van der Waals surface area contributed by atoms with E-state index in [0.717, 1.165) is 17.0 Å². The molecule has 0 spiro atoms. The van der Waals surface area contributed by atoms with Crippen molar-refractivity contribution in [2.75, 3.05) is 19.0 Å². The Bertz CT molecular complexity index is 1170. The average molecular weight is 418 g/mol. The molecule has 8 nitrogen and oxygen atoms in total. The Morgan fingerprint density at radius 3 is 2.60 bits per heavy atom. The van der Waals surface area contributed by atoms with E-state index in [1.807, 2.05) is 0 Å². The van der Waals surface area contributed by atoms with Crippen LogP contribution in [0.4, 0.5) is 19.1 Å². The minimum atomic E-state index is -4.45. The number of hydrogen-bond donors (Lipinski definition) is 3. The number of allylic oxidation sites excluding steroid dienone is 1. The van der Waals surface area contributed by atoms with Crippen LogP contribution in [0.3, 0.4) is 0 Å². The lowest BCUT2D eigenvalue weighted by Gasteiger charge is -2.13. The van der Waals surface area contributed by atoms with Gasteiger partial charge in [0.15, 0.2) is 0 Å². The Kier molecular flexibility index (Phi) is 5.72. The van der Waals surface area contributed by atoms with E-state index in [1.54, 1.807) is 24.3 Å². The molecule has 3 aromatic rings. The summed E-state index contributed by atoms with van der Waals surface area (Å²) in [7, 11) is 1.49. The summed E-state index contributed by atoms with van der Waals surface area (Å²) < 4.78 is 43.9. The van der Waals surface area contributed by atoms with Crippen LogP contribution in [0.25, 0.3) is 27.7 Å². The number of benzene rings is 1. The molecule has 0 aliphatic carbocycles. The van der Waals surface area contributed by atoms with E-state index in [1.165, 1.54) is 19.5 Å². The van der Waals surface area contributed by atoms with Crippen LogP contribution in [-0.4, -0.2) is 40.6 Å². The Morgan fingerprint density at radius 1 is 1.33 bits per heavy atom. The Balaban J connectivity index is 2.27. The highest BCUT2D eigenvalue weighted by Gasteiger charge is 2.27. The molecule has 1 aromatic carbocycles. The van der Waals surface area contributed by atoms with Crippen molar-refractivity contribution in [2.45, 2.75) is 6.18 Å². The first-order valence-corrected chi connectivity index (χ1v) is 8.57. The van der Waals surface area contributed by atoms with Gasteiger partial charge in [-0.05, 0) is 17.7 Å². The van der Waals surface area contributed by atoms with Crippen LogP contribution in [0.15, 0.2) is 47.7 Å². The molecular formula is C19H17F3N6O2. The Morgan fingerprint density at radius 2 is 2.03 bits per heavy atom. The summed E-state index contributed by atoms with van der Waals surface area (Å²) in [6, 6.07) is 6.53. The van der Waals surface area contributed by atoms with E-state index >= 15 is 0 Å². The number of halogens is 3. The fraction of sp³-hybridized carbons (Fsp3) is 0.158. The number of ether oxygens (including phenoxy) is 1. The van der Waals surface area contributed by atoms with Gasteiger partial charge < -0.3 is 21.2 Å². The van der Waals surface area contributed by atoms with E-state index in [9.17, 15) is 18.0 Å². The highest BCUT2D eigenvalue weighted by molar-refractivity contribution is 6.02. The molecule has 0 radical (unpaired) electrons. The van der Waals surface area contributed by atoms with Crippen LogP contribution in [0, 0.1) is 5.41 Å². The normalized spacial score (nSPS) is 12.1. The van der Waals surface area contributed by atoms with Crippen molar-refractivity contribution < 1.29 is 17.9 Å². The van der Waals surface area contributed by atoms with Gasteiger partial charge in [-0.1, -0.05) is 12.1 Å². The van der Waals surface area contributed by atoms with E-state index in [4.69, 9.17) is 15.9 Å². The van der Waals surface area contributed by atoms with Crippen LogP contribution in [0.1, 0.15) is 0 Å². The van der Waals surface area contributed by atoms with E-state index in [0.29, 0.717) is 16.7 Å². The topological polar surface area (TPSA) is 119 Å². The summed E-state index contributed by atoms with van der Waals surface area (Å²) in [5.41, 5.74) is 5.82. The van der Waals surface area contributed by atoms with Crippen LogP contribution in [0.5, 0.6) is 5.75 Å². The predicted octanol–water partition coefficient (Wildman–Crippen LogP) is 2.85. The molecule has 0 aliphatic heterocycles. The summed E-state index contributed by atoms with van der Waals surface area (Å²) >= 11 is 0. The third-order valence-corrected chi connectivity index (χ3v) is 4.18. The van der Waals surface area contributed by atoms with Crippen molar-refractivity contribution in [1.29, 1.82) is 5.41 Å². The molecule has 0 saturated heterocycles. The largest absolute Gasteiger partial charge is 0.497 e. The maximum absolute atomic E-state index is 13.2. The maximum atomic E-state index is 13.2. The van der Waals surface area contributed by atoms with Crippen molar-refractivity contribution in [3.8, 4) is 16.9 Å². The molecule has 0 aliphatic rings. The molecule has 2 heterocycles. The third-order valence-electron chi connectivity index (χ3n) is 4.18. The van der Waals surface area contributed by atoms with Crippen LogP contribution in [0.2, 0.25) is 0 Å². The molecule has 0 fully saturated rings. The number of nitrogens with zero attached hydrogens (tertiary/aromatic N) is 3. The van der Waals surface area contributed by atoms with Crippen molar-refractivity contribution in [1.82, 2.24) is 14.5 Å². The molecule has 0 atom stereocenters. The molecule has 2 aromatic heterocycles. The minimum Gasteiger partial charge on any atom is -0.497 e. The fourth-order valence-electron chi connectivity index (χ4n) is 2.78. The smallest absolute Gasteiger partial charge is 0.405 e. The van der Waals surface area contributed by atoms with Gasteiger partial charge >= 0.3 is 6.18 Å². The number of nitrogens with two attached hydrogens (primary N) is 1. The Hall–Kier alpha value is -3.89. The van der Waals surface area contributed by atoms with Gasteiger partial charge in [-0.25, -0.2) is 9.97 Å². The lowest BCUT2D eigenvalue weighted by Crippen LogP contribution is -2.24. The average Bonchev–Trinajstić information content (AvgIpc) is 2.73. The SMILES string of the molecule is COc1ccc(-c2c(=O)n(/C(C=N)=C/N)cc3cnc(NCC(F)(F)F)nc23)cc1. The number of alkyl halides is 3. The molecule has 0 amide bonds. The highest BCUT2D eigenvalue weighted by Crippen LogP contribution is 2.27. The second-order valence-electron chi connectivity index (χ2n) is 6.11. The number of pyridine rings is 1. The lowest BCUT2D eigenvalue weighted by molar-refractivity contribution is -0.115. The first-order chi connectivity index (χ1) is 14.3. The van der Waals surface area contributed by atoms with Gasteiger partial charge in [-0.3, -0.25) is 9.36 Å². The van der Waals surface area contributed by atoms with Gasteiger partial charge in [0.1, 0.15) is 12.3 Å². The fourth-order valence-corrected chi connectivity index (χ4v) is 2.78. The minimum absolute atomic E-state index is 0.107. The van der Waals surface area contributed by atoms with E-state index < -0.39 is 18.3 Å². The molecule has 4 N–H and O–H groups in total. The summed E-state index contributed by atoms with van der Waals surface area (Å²) in [6.45, 7) is -1.32. The number of nitrogens with one attached hydrogen (secondary N) is 2. The lowest BCUT2D eigenvalue weighted by atomic mass is 10.0. The van der Waals surface area contributed by atoms with E-state index in [-0.39, 0.29) is 22.7 Å². The first-order valence-electron chi connectivity index (χ1n) is 8.57. The zero-order chi connectivity index (χ0) is 21.9. The second-order valence-corrected chi connectivity index (χ2v) is 6.11. The van der Waals surface area contributed by atoms with E-state index in [2.05, 4.69) is 15.3 Å². The zero-order valence-corrected chi connectivity index (χ0v) is 15.7. The van der Waals surface area contributed by atoms with Gasteiger partial charge in [-0.2, -0.15) is 13.2 Å². The van der Waals surface area contributed by atoms with Crippen LogP contribution in [-0.2, 0) is 0 Å². The summed E-state index contributed by atoms with van der Waals surface area (Å²) in [6.07, 6.45) is 0.221. The zero-order valence-electron chi connectivity index (χ0n) is 15.7.